The molecule has 0 heterocycles. The summed E-state index contributed by atoms with van der Waals surface area (Å²) in [6.45, 7) is 2.74. The van der Waals surface area contributed by atoms with Crippen LogP contribution in [0, 0.1) is 10.5 Å². The summed E-state index contributed by atoms with van der Waals surface area (Å²) >= 11 is 2.32. The molecule has 0 aromatic heterocycles. The van der Waals surface area contributed by atoms with E-state index in [9.17, 15) is 0 Å². The number of aryl methyl sites for hydroxylation is 1. The van der Waals surface area contributed by atoms with Crippen molar-refractivity contribution in [2.75, 3.05) is 0 Å². The van der Waals surface area contributed by atoms with Crippen molar-refractivity contribution in [2.45, 2.75) is 13.5 Å². The Morgan fingerprint density at radius 2 is 2.09 bits per heavy atom. The third kappa shape index (κ3) is 2.61. The number of hydrogen-bond acceptors (Lipinski definition) is 1. The molecule has 3 heteroatoms. The SMILES string of the molecule is Cc1cccc(CN)c1I.Cl. The lowest BCUT2D eigenvalue weighted by Gasteiger charge is -2.02. The highest BCUT2D eigenvalue weighted by molar-refractivity contribution is 14.1. The first-order valence-corrected chi connectivity index (χ1v) is 4.27. The van der Waals surface area contributed by atoms with Gasteiger partial charge in [-0.1, -0.05) is 18.2 Å². The van der Waals surface area contributed by atoms with Crippen molar-refractivity contribution in [2.24, 2.45) is 5.73 Å². The molecule has 1 rings (SSSR count). The molecule has 0 atom stereocenters. The van der Waals surface area contributed by atoms with Crippen LogP contribution in [0.25, 0.3) is 0 Å². The van der Waals surface area contributed by atoms with Crippen molar-refractivity contribution >= 4 is 35.0 Å². The van der Waals surface area contributed by atoms with Crippen LogP contribution in [0.2, 0.25) is 0 Å². The third-order valence-electron chi connectivity index (χ3n) is 1.49. The van der Waals surface area contributed by atoms with Crippen LogP contribution in [0.15, 0.2) is 18.2 Å². The molecular weight excluding hydrogens is 272 g/mol. The quantitative estimate of drug-likeness (QED) is 0.787. The minimum atomic E-state index is 0. The predicted molar refractivity (Wildman–Crippen MR) is 59.0 cm³/mol. The normalized spacial score (nSPS) is 9.00. The van der Waals surface area contributed by atoms with E-state index in [1.807, 2.05) is 6.07 Å². The first-order chi connectivity index (χ1) is 4.75. The van der Waals surface area contributed by atoms with Gasteiger partial charge in [0.25, 0.3) is 0 Å². The molecule has 0 spiro atoms. The lowest BCUT2D eigenvalue weighted by Crippen LogP contribution is -1.99. The van der Waals surface area contributed by atoms with Crippen molar-refractivity contribution in [1.82, 2.24) is 0 Å². The number of halogens is 2. The standard InChI is InChI=1S/C8H10IN.ClH/c1-6-3-2-4-7(5-10)8(6)9;/h2-4H,5,10H2,1H3;1H. The molecular formula is C8H11ClIN. The molecule has 0 aliphatic carbocycles. The van der Waals surface area contributed by atoms with Crippen LogP contribution in [0.3, 0.4) is 0 Å². The lowest BCUT2D eigenvalue weighted by atomic mass is 10.1. The van der Waals surface area contributed by atoms with Crippen molar-refractivity contribution in [1.29, 1.82) is 0 Å². The van der Waals surface area contributed by atoms with Crippen molar-refractivity contribution in [3.63, 3.8) is 0 Å². The Labute approximate surface area is 86.9 Å². The van der Waals surface area contributed by atoms with Crippen LogP contribution in [-0.2, 0) is 6.54 Å². The zero-order valence-electron chi connectivity index (χ0n) is 6.30. The Kier molecular flexibility index (Phi) is 5.04. The number of hydrogen-bond donors (Lipinski definition) is 1. The maximum Gasteiger partial charge on any atom is 0.0204 e. The molecule has 1 nitrogen and oxygen atoms in total. The molecule has 0 aliphatic rings. The fourth-order valence-corrected chi connectivity index (χ4v) is 1.45. The Morgan fingerprint density at radius 3 is 2.55 bits per heavy atom. The van der Waals surface area contributed by atoms with Gasteiger partial charge in [-0.05, 0) is 40.6 Å². The van der Waals surface area contributed by atoms with Crippen LogP contribution in [-0.4, -0.2) is 0 Å². The number of nitrogens with two attached hydrogens (primary N) is 1. The summed E-state index contributed by atoms with van der Waals surface area (Å²) < 4.78 is 1.29. The highest BCUT2D eigenvalue weighted by Gasteiger charge is 1.97. The van der Waals surface area contributed by atoms with Gasteiger partial charge >= 0.3 is 0 Å². The molecule has 0 unspecified atom stereocenters. The van der Waals surface area contributed by atoms with Crippen LogP contribution < -0.4 is 5.73 Å². The monoisotopic (exact) mass is 283 g/mol. The lowest BCUT2D eigenvalue weighted by molar-refractivity contribution is 1.05. The largest absolute Gasteiger partial charge is 0.326 e. The summed E-state index contributed by atoms with van der Waals surface area (Å²) in [6.07, 6.45) is 0. The first kappa shape index (κ1) is 11.2. The topological polar surface area (TPSA) is 26.0 Å². The molecule has 0 radical (unpaired) electrons. The maximum atomic E-state index is 5.51. The van der Waals surface area contributed by atoms with Crippen molar-refractivity contribution < 1.29 is 0 Å². The predicted octanol–water partition coefficient (Wildman–Crippen LogP) is 2.48. The second kappa shape index (κ2) is 4.95. The minimum absolute atomic E-state index is 0. The summed E-state index contributed by atoms with van der Waals surface area (Å²) in [5.74, 6) is 0. The minimum Gasteiger partial charge on any atom is -0.326 e. The van der Waals surface area contributed by atoms with E-state index >= 15 is 0 Å². The van der Waals surface area contributed by atoms with Gasteiger partial charge in [-0.25, -0.2) is 0 Å². The van der Waals surface area contributed by atoms with Crippen LogP contribution in [0.4, 0.5) is 0 Å². The van der Waals surface area contributed by atoms with E-state index in [2.05, 4.69) is 41.6 Å². The second-order valence-electron chi connectivity index (χ2n) is 2.25. The Balaban J connectivity index is 0.000001000. The number of rotatable bonds is 1. The molecule has 0 bridgehead atoms. The maximum absolute atomic E-state index is 5.51. The Morgan fingerprint density at radius 1 is 1.45 bits per heavy atom. The molecule has 62 valence electrons. The summed E-state index contributed by atoms with van der Waals surface area (Å²) in [5, 5.41) is 0. The van der Waals surface area contributed by atoms with E-state index in [0.717, 1.165) is 0 Å². The van der Waals surface area contributed by atoms with Gasteiger partial charge in [-0.3, -0.25) is 0 Å². The fourth-order valence-electron chi connectivity index (χ4n) is 0.866. The average molecular weight is 284 g/mol. The summed E-state index contributed by atoms with van der Waals surface area (Å²) in [6, 6.07) is 6.20. The second-order valence-corrected chi connectivity index (χ2v) is 3.33. The zero-order valence-corrected chi connectivity index (χ0v) is 9.28. The smallest absolute Gasteiger partial charge is 0.0204 e. The molecule has 11 heavy (non-hydrogen) atoms. The molecule has 2 N–H and O–H groups in total. The summed E-state index contributed by atoms with van der Waals surface area (Å²) in [7, 11) is 0. The molecule has 1 aromatic carbocycles. The first-order valence-electron chi connectivity index (χ1n) is 3.19. The fraction of sp³-hybridized carbons (Fsp3) is 0.250. The Bertz CT molecular complexity index is 238. The summed E-state index contributed by atoms with van der Waals surface area (Å²) in [4.78, 5) is 0. The van der Waals surface area contributed by atoms with Crippen LogP contribution in [0.5, 0.6) is 0 Å². The molecule has 0 saturated heterocycles. The van der Waals surface area contributed by atoms with Crippen LogP contribution >= 0.6 is 35.0 Å². The molecule has 0 saturated carbocycles. The highest BCUT2D eigenvalue weighted by atomic mass is 127. The van der Waals surface area contributed by atoms with Crippen LogP contribution in [0.1, 0.15) is 11.1 Å². The van der Waals surface area contributed by atoms with E-state index in [-0.39, 0.29) is 12.4 Å². The molecule has 0 amide bonds. The number of benzene rings is 1. The summed E-state index contributed by atoms with van der Waals surface area (Å²) in [5.41, 5.74) is 8.06. The average Bonchev–Trinajstić information content (AvgIpc) is 1.95. The molecule has 0 aliphatic heterocycles. The zero-order chi connectivity index (χ0) is 7.56. The van der Waals surface area contributed by atoms with E-state index < -0.39 is 0 Å². The van der Waals surface area contributed by atoms with Gasteiger partial charge in [0.1, 0.15) is 0 Å². The van der Waals surface area contributed by atoms with Gasteiger partial charge in [0.2, 0.25) is 0 Å². The Hall–Kier alpha value is 0.200. The van der Waals surface area contributed by atoms with Crippen molar-refractivity contribution in [3.8, 4) is 0 Å². The van der Waals surface area contributed by atoms with Gasteiger partial charge in [0.05, 0.1) is 0 Å². The van der Waals surface area contributed by atoms with Gasteiger partial charge in [0.15, 0.2) is 0 Å². The van der Waals surface area contributed by atoms with Gasteiger partial charge in [-0.15, -0.1) is 12.4 Å². The molecule has 1 aromatic rings. The molecule has 0 fully saturated rings. The van der Waals surface area contributed by atoms with E-state index in [1.54, 1.807) is 0 Å². The highest BCUT2D eigenvalue weighted by Crippen LogP contribution is 2.15. The van der Waals surface area contributed by atoms with E-state index in [0.29, 0.717) is 6.54 Å². The van der Waals surface area contributed by atoms with Gasteiger partial charge in [0, 0.05) is 10.1 Å². The van der Waals surface area contributed by atoms with Gasteiger partial charge < -0.3 is 5.73 Å². The van der Waals surface area contributed by atoms with Gasteiger partial charge in [-0.2, -0.15) is 0 Å². The van der Waals surface area contributed by atoms with Crippen molar-refractivity contribution in [3.05, 3.63) is 32.9 Å². The van der Waals surface area contributed by atoms with E-state index in [1.165, 1.54) is 14.7 Å². The van der Waals surface area contributed by atoms with E-state index in [4.69, 9.17) is 5.73 Å². The third-order valence-corrected chi connectivity index (χ3v) is 3.04.